The minimum Gasteiger partial charge on any atom is -0.444 e. The molecule has 0 bridgehead atoms. The smallest absolute Gasteiger partial charge is 0.295 e. The van der Waals surface area contributed by atoms with Crippen molar-refractivity contribution in [3.8, 4) is 11.5 Å². The number of pyridine rings is 1. The lowest BCUT2D eigenvalue weighted by Gasteiger charge is -2.39. The van der Waals surface area contributed by atoms with Crippen molar-refractivity contribution < 1.29 is 18.8 Å². The van der Waals surface area contributed by atoms with Gasteiger partial charge in [0, 0.05) is 43.6 Å². The first kappa shape index (κ1) is 20.6. The highest BCUT2D eigenvalue weighted by Crippen LogP contribution is 2.28. The average Bonchev–Trinajstić information content (AvgIpc) is 3.53. The summed E-state index contributed by atoms with van der Waals surface area (Å²) >= 11 is 0. The SMILES string of the molecule is CC1CN(C(=O)c2ccccc2)CCN1C(=O)C(=O)c1c[nH]c2c(-c3ncco3)ccnc12. The second-order valence-corrected chi connectivity index (χ2v) is 7.92. The number of oxazole rings is 1. The highest BCUT2D eigenvalue weighted by Gasteiger charge is 2.34. The number of rotatable bonds is 4. The maximum Gasteiger partial charge on any atom is 0.295 e. The van der Waals surface area contributed by atoms with Crippen LogP contribution in [0.3, 0.4) is 0 Å². The van der Waals surface area contributed by atoms with E-state index in [-0.39, 0.29) is 24.1 Å². The van der Waals surface area contributed by atoms with E-state index >= 15 is 0 Å². The van der Waals surface area contributed by atoms with Gasteiger partial charge in [-0.25, -0.2) is 4.98 Å². The molecule has 1 N–H and O–H groups in total. The first-order valence-electron chi connectivity index (χ1n) is 10.6. The summed E-state index contributed by atoms with van der Waals surface area (Å²) in [5.74, 6) is -0.949. The molecule has 0 aliphatic carbocycles. The number of hydrogen-bond acceptors (Lipinski definition) is 6. The van der Waals surface area contributed by atoms with Gasteiger partial charge in [-0.05, 0) is 25.1 Å². The molecule has 0 radical (unpaired) electrons. The van der Waals surface area contributed by atoms with Crippen molar-refractivity contribution in [1.82, 2.24) is 24.8 Å². The van der Waals surface area contributed by atoms with Gasteiger partial charge < -0.3 is 19.2 Å². The lowest BCUT2D eigenvalue weighted by molar-refractivity contribution is -0.130. The second kappa shape index (κ2) is 8.34. The first-order valence-corrected chi connectivity index (χ1v) is 10.6. The fourth-order valence-electron chi connectivity index (χ4n) is 4.19. The number of ketones is 1. The predicted octanol–water partition coefficient (Wildman–Crippen LogP) is 2.77. The summed E-state index contributed by atoms with van der Waals surface area (Å²) in [6.07, 6.45) is 6.03. The molecule has 1 aromatic carbocycles. The number of Topliss-reactive ketones (excluding diaryl/α,β-unsaturated/α-hetero) is 1. The fourth-order valence-corrected chi connectivity index (χ4v) is 4.19. The number of H-pyrrole nitrogens is 1. The van der Waals surface area contributed by atoms with E-state index in [1.165, 1.54) is 23.6 Å². The van der Waals surface area contributed by atoms with E-state index in [0.29, 0.717) is 41.1 Å². The Hall–Kier alpha value is -4.27. The molecular weight excluding hydrogens is 422 g/mol. The number of piperazine rings is 1. The first-order chi connectivity index (χ1) is 16.0. The Morgan fingerprint density at radius 1 is 1.06 bits per heavy atom. The van der Waals surface area contributed by atoms with Crippen molar-refractivity contribution in [1.29, 1.82) is 0 Å². The zero-order chi connectivity index (χ0) is 22.9. The molecule has 1 unspecified atom stereocenters. The third-order valence-electron chi connectivity index (χ3n) is 5.86. The van der Waals surface area contributed by atoms with Gasteiger partial charge in [0.15, 0.2) is 0 Å². The number of carbonyl (C=O) groups is 3. The summed E-state index contributed by atoms with van der Waals surface area (Å²) < 4.78 is 5.36. The van der Waals surface area contributed by atoms with Crippen LogP contribution in [-0.4, -0.2) is 68.0 Å². The van der Waals surface area contributed by atoms with Crippen LogP contribution in [-0.2, 0) is 4.79 Å². The van der Waals surface area contributed by atoms with Gasteiger partial charge in [0.25, 0.3) is 17.6 Å². The van der Waals surface area contributed by atoms with Crippen molar-refractivity contribution >= 4 is 28.6 Å². The Balaban J connectivity index is 1.34. The lowest BCUT2D eigenvalue weighted by Crippen LogP contribution is -2.56. The summed E-state index contributed by atoms with van der Waals surface area (Å²) in [6, 6.07) is 10.5. The summed E-state index contributed by atoms with van der Waals surface area (Å²) in [4.78, 5) is 53.7. The molecular formula is C24H21N5O4. The molecule has 1 atom stereocenters. The molecule has 1 aliphatic heterocycles. The molecule has 1 fully saturated rings. The Labute approximate surface area is 189 Å². The van der Waals surface area contributed by atoms with Crippen molar-refractivity contribution in [2.45, 2.75) is 13.0 Å². The molecule has 1 saturated heterocycles. The van der Waals surface area contributed by atoms with Crippen molar-refractivity contribution in [2.75, 3.05) is 19.6 Å². The quantitative estimate of drug-likeness (QED) is 0.383. The number of amides is 2. The molecule has 0 saturated carbocycles. The summed E-state index contributed by atoms with van der Waals surface area (Å²) in [5.41, 5.74) is 2.40. The molecule has 4 heterocycles. The van der Waals surface area contributed by atoms with E-state index in [1.54, 1.807) is 29.3 Å². The van der Waals surface area contributed by atoms with Crippen LogP contribution in [0.25, 0.3) is 22.5 Å². The van der Waals surface area contributed by atoms with Crippen molar-refractivity contribution in [3.63, 3.8) is 0 Å². The number of nitrogens with zero attached hydrogens (tertiary/aromatic N) is 4. The largest absolute Gasteiger partial charge is 0.444 e. The van der Waals surface area contributed by atoms with Gasteiger partial charge in [-0.1, -0.05) is 18.2 Å². The maximum absolute atomic E-state index is 13.1. The standard InChI is InChI=1S/C24H21N5O4/c1-15-14-28(23(31)16-5-3-2-4-6-16)10-11-29(15)24(32)21(30)18-13-27-19-17(7-8-25-20(18)19)22-26-9-12-33-22/h2-9,12-13,15,27H,10-11,14H2,1H3. The number of hydrogen-bond donors (Lipinski definition) is 1. The van der Waals surface area contributed by atoms with Gasteiger partial charge in [-0.2, -0.15) is 0 Å². The zero-order valence-electron chi connectivity index (χ0n) is 17.9. The van der Waals surface area contributed by atoms with Crippen LogP contribution in [0.1, 0.15) is 27.6 Å². The zero-order valence-corrected chi connectivity index (χ0v) is 17.9. The van der Waals surface area contributed by atoms with Crippen molar-refractivity contribution in [3.05, 3.63) is 72.4 Å². The maximum atomic E-state index is 13.1. The van der Waals surface area contributed by atoms with Crippen LogP contribution >= 0.6 is 0 Å². The molecule has 9 heteroatoms. The Morgan fingerprint density at radius 3 is 2.61 bits per heavy atom. The molecule has 9 nitrogen and oxygen atoms in total. The topological polar surface area (TPSA) is 112 Å². The number of nitrogens with one attached hydrogen (secondary N) is 1. The van der Waals surface area contributed by atoms with E-state index in [4.69, 9.17) is 4.42 Å². The summed E-state index contributed by atoms with van der Waals surface area (Å²) in [6.45, 7) is 2.83. The monoisotopic (exact) mass is 443 g/mol. The Bertz CT molecular complexity index is 1330. The Morgan fingerprint density at radius 2 is 1.88 bits per heavy atom. The molecule has 166 valence electrons. The predicted molar refractivity (Wildman–Crippen MR) is 119 cm³/mol. The van der Waals surface area contributed by atoms with E-state index in [2.05, 4.69) is 15.0 Å². The van der Waals surface area contributed by atoms with Crippen LogP contribution < -0.4 is 0 Å². The van der Waals surface area contributed by atoms with E-state index < -0.39 is 11.7 Å². The third kappa shape index (κ3) is 3.67. The molecule has 5 rings (SSSR count). The molecule has 4 aromatic rings. The third-order valence-corrected chi connectivity index (χ3v) is 5.86. The fraction of sp³-hybridized carbons (Fsp3) is 0.208. The van der Waals surface area contributed by atoms with Crippen LogP contribution in [0.4, 0.5) is 0 Å². The van der Waals surface area contributed by atoms with Crippen LogP contribution in [0.5, 0.6) is 0 Å². The van der Waals surface area contributed by atoms with E-state index in [0.717, 1.165) is 0 Å². The van der Waals surface area contributed by atoms with Gasteiger partial charge in [0.1, 0.15) is 11.8 Å². The number of fused-ring (bicyclic) bond motifs is 1. The average molecular weight is 443 g/mol. The molecule has 0 spiro atoms. The normalized spacial score (nSPS) is 16.2. The molecule has 33 heavy (non-hydrogen) atoms. The number of aromatic amines is 1. The molecule has 3 aromatic heterocycles. The number of aromatic nitrogens is 3. The molecule has 1 aliphatic rings. The van der Waals surface area contributed by atoms with Gasteiger partial charge in [0.05, 0.1) is 22.8 Å². The minimum atomic E-state index is -0.645. The van der Waals surface area contributed by atoms with Gasteiger partial charge in [0.2, 0.25) is 5.89 Å². The summed E-state index contributed by atoms with van der Waals surface area (Å²) in [7, 11) is 0. The highest BCUT2D eigenvalue weighted by atomic mass is 16.3. The number of benzene rings is 1. The second-order valence-electron chi connectivity index (χ2n) is 7.92. The van der Waals surface area contributed by atoms with Gasteiger partial charge >= 0.3 is 0 Å². The van der Waals surface area contributed by atoms with Gasteiger partial charge in [-0.15, -0.1) is 0 Å². The summed E-state index contributed by atoms with van der Waals surface area (Å²) in [5, 5.41) is 0. The highest BCUT2D eigenvalue weighted by molar-refractivity contribution is 6.44. The van der Waals surface area contributed by atoms with E-state index in [1.807, 2.05) is 25.1 Å². The number of carbonyl (C=O) groups excluding carboxylic acids is 3. The van der Waals surface area contributed by atoms with Crippen molar-refractivity contribution in [2.24, 2.45) is 0 Å². The van der Waals surface area contributed by atoms with Crippen LogP contribution in [0, 0.1) is 0 Å². The van der Waals surface area contributed by atoms with Crippen LogP contribution in [0.2, 0.25) is 0 Å². The molecule has 2 amide bonds. The van der Waals surface area contributed by atoms with Crippen LogP contribution in [0.15, 0.2) is 65.7 Å². The van der Waals surface area contributed by atoms with Gasteiger partial charge in [-0.3, -0.25) is 19.4 Å². The minimum absolute atomic E-state index is 0.0826. The Kier molecular flexibility index (Phi) is 5.21. The lowest BCUT2D eigenvalue weighted by atomic mass is 10.1. The van der Waals surface area contributed by atoms with E-state index in [9.17, 15) is 14.4 Å².